The van der Waals surface area contributed by atoms with Crippen LogP contribution >= 0.6 is 23.2 Å². The highest BCUT2D eigenvalue weighted by Crippen LogP contribution is 2.28. The van der Waals surface area contributed by atoms with Crippen LogP contribution in [0.2, 0.25) is 10.0 Å². The molecule has 162 valence electrons. The van der Waals surface area contributed by atoms with Crippen molar-refractivity contribution in [1.29, 1.82) is 0 Å². The lowest BCUT2D eigenvalue weighted by Crippen LogP contribution is -2.19. The van der Waals surface area contributed by atoms with E-state index in [-0.39, 0.29) is 12.3 Å². The Labute approximate surface area is 191 Å². The summed E-state index contributed by atoms with van der Waals surface area (Å²) >= 11 is 12.3. The standard InChI is InChI=1S/C23H23Cl2N3O3/c1-14-7-17(15(2)28(14)20-11-18(24)10-19(25)12-20)13-26-27-23(29)9-16-5-6-21(30-3)22(8-16)31-4/h5-8,10-13H,9H2,1-4H3,(H,27,29)/b26-13-. The molecular formula is C23H23Cl2N3O3. The molecule has 3 aromatic rings. The zero-order valence-electron chi connectivity index (χ0n) is 17.7. The number of aromatic nitrogens is 1. The summed E-state index contributed by atoms with van der Waals surface area (Å²) in [6.07, 6.45) is 1.79. The van der Waals surface area contributed by atoms with Crippen molar-refractivity contribution in [2.75, 3.05) is 14.2 Å². The first-order chi connectivity index (χ1) is 14.8. The molecule has 0 spiro atoms. The molecule has 0 saturated carbocycles. The van der Waals surface area contributed by atoms with E-state index < -0.39 is 0 Å². The van der Waals surface area contributed by atoms with Crippen molar-refractivity contribution >= 4 is 35.3 Å². The van der Waals surface area contributed by atoms with E-state index in [1.807, 2.05) is 42.7 Å². The maximum atomic E-state index is 12.3. The molecule has 0 bridgehead atoms. The first-order valence-corrected chi connectivity index (χ1v) is 10.3. The van der Waals surface area contributed by atoms with Gasteiger partial charge < -0.3 is 14.0 Å². The molecule has 0 fully saturated rings. The number of aryl methyl sites for hydroxylation is 1. The Morgan fingerprint density at radius 1 is 1.03 bits per heavy atom. The summed E-state index contributed by atoms with van der Waals surface area (Å²) < 4.78 is 12.5. The minimum absolute atomic E-state index is 0.164. The van der Waals surface area contributed by atoms with E-state index >= 15 is 0 Å². The first kappa shape index (κ1) is 22.7. The average Bonchev–Trinajstić information content (AvgIpc) is 3.00. The second-order valence-corrected chi connectivity index (χ2v) is 7.82. The number of nitrogens with one attached hydrogen (secondary N) is 1. The van der Waals surface area contributed by atoms with E-state index in [9.17, 15) is 4.79 Å². The molecule has 8 heteroatoms. The van der Waals surface area contributed by atoms with Gasteiger partial charge in [-0.2, -0.15) is 5.10 Å². The molecule has 0 unspecified atom stereocenters. The number of nitrogens with zero attached hydrogens (tertiary/aromatic N) is 2. The Hall–Kier alpha value is -2.96. The molecule has 6 nitrogen and oxygen atoms in total. The second-order valence-electron chi connectivity index (χ2n) is 6.95. The van der Waals surface area contributed by atoms with Crippen molar-refractivity contribution in [3.8, 4) is 17.2 Å². The van der Waals surface area contributed by atoms with Gasteiger partial charge in [-0.05, 0) is 55.8 Å². The number of hydrogen-bond acceptors (Lipinski definition) is 4. The van der Waals surface area contributed by atoms with Gasteiger partial charge in [0.1, 0.15) is 0 Å². The van der Waals surface area contributed by atoms with Crippen molar-refractivity contribution in [2.24, 2.45) is 5.10 Å². The quantitative estimate of drug-likeness (QED) is 0.394. The zero-order chi connectivity index (χ0) is 22.5. The molecule has 1 N–H and O–H groups in total. The predicted molar refractivity (Wildman–Crippen MR) is 124 cm³/mol. The van der Waals surface area contributed by atoms with Crippen LogP contribution in [-0.2, 0) is 11.2 Å². The smallest absolute Gasteiger partial charge is 0.244 e. The highest BCUT2D eigenvalue weighted by Gasteiger charge is 2.11. The molecule has 0 atom stereocenters. The van der Waals surface area contributed by atoms with E-state index in [0.717, 1.165) is 28.2 Å². The fourth-order valence-electron chi connectivity index (χ4n) is 3.37. The molecule has 1 aromatic heterocycles. The second kappa shape index (κ2) is 9.90. The molecule has 31 heavy (non-hydrogen) atoms. The fraction of sp³-hybridized carbons (Fsp3) is 0.217. The molecule has 0 aliphatic carbocycles. The van der Waals surface area contributed by atoms with Crippen molar-refractivity contribution in [2.45, 2.75) is 20.3 Å². The number of hydrazone groups is 1. The summed E-state index contributed by atoms with van der Waals surface area (Å²) in [5.41, 5.74) is 7.05. The SMILES string of the molecule is COc1ccc(CC(=O)N/N=C\c2cc(C)n(-c3cc(Cl)cc(Cl)c3)c2C)cc1OC. The fourth-order valence-corrected chi connectivity index (χ4v) is 3.89. The Morgan fingerprint density at radius 2 is 1.71 bits per heavy atom. The first-order valence-electron chi connectivity index (χ1n) is 9.50. The van der Waals surface area contributed by atoms with Crippen LogP contribution < -0.4 is 14.9 Å². The summed E-state index contributed by atoms with van der Waals surface area (Å²) in [5.74, 6) is 0.949. The van der Waals surface area contributed by atoms with Gasteiger partial charge in [0.15, 0.2) is 11.5 Å². The third kappa shape index (κ3) is 5.40. The molecule has 0 radical (unpaired) electrons. The minimum Gasteiger partial charge on any atom is -0.493 e. The lowest BCUT2D eigenvalue weighted by Gasteiger charge is -2.10. The van der Waals surface area contributed by atoms with Crippen LogP contribution in [0.3, 0.4) is 0 Å². The Bertz CT molecular complexity index is 1120. The number of carbonyl (C=O) groups excluding carboxylic acids is 1. The maximum absolute atomic E-state index is 12.3. The van der Waals surface area contributed by atoms with E-state index in [2.05, 4.69) is 10.5 Å². The monoisotopic (exact) mass is 459 g/mol. The summed E-state index contributed by atoms with van der Waals surface area (Å²) in [6.45, 7) is 3.95. The van der Waals surface area contributed by atoms with Crippen LogP contribution in [0.15, 0.2) is 47.6 Å². The Kier molecular flexibility index (Phi) is 7.25. The number of rotatable bonds is 7. The third-order valence-electron chi connectivity index (χ3n) is 4.78. The van der Waals surface area contributed by atoms with Gasteiger partial charge in [-0.1, -0.05) is 29.3 Å². The van der Waals surface area contributed by atoms with E-state index in [1.165, 1.54) is 0 Å². The zero-order valence-corrected chi connectivity index (χ0v) is 19.2. The van der Waals surface area contributed by atoms with Gasteiger partial charge in [0, 0.05) is 32.7 Å². The van der Waals surface area contributed by atoms with E-state index in [4.69, 9.17) is 32.7 Å². The number of carbonyl (C=O) groups is 1. The summed E-state index contributed by atoms with van der Waals surface area (Å²) in [7, 11) is 3.12. The van der Waals surface area contributed by atoms with Crippen molar-refractivity contribution < 1.29 is 14.3 Å². The van der Waals surface area contributed by atoms with Crippen LogP contribution in [0.4, 0.5) is 0 Å². The van der Waals surface area contributed by atoms with Gasteiger partial charge in [-0.3, -0.25) is 4.79 Å². The topological polar surface area (TPSA) is 64.8 Å². The van der Waals surface area contributed by atoms with Gasteiger partial charge in [0.05, 0.1) is 26.9 Å². The van der Waals surface area contributed by atoms with Crippen LogP contribution in [-0.4, -0.2) is 30.9 Å². The molecule has 0 saturated heterocycles. The number of amides is 1. The minimum atomic E-state index is -0.237. The van der Waals surface area contributed by atoms with Crippen LogP contribution in [0.5, 0.6) is 11.5 Å². The largest absolute Gasteiger partial charge is 0.493 e. The molecule has 2 aromatic carbocycles. The maximum Gasteiger partial charge on any atom is 0.244 e. The molecule has 0 aliphatic heterocycles. The van der Waals surface area contributed by atoms with Crippen LogP contribution in [0.25, 0.3) is 5.69 Å². The van der Waals surface area contributed by atoms with Crippen molar-refractivity contribution in [1.82, 2.24) is 9.99 Å². The third-order valence-corrected chi connectivity index (χ3v) is 5.22. The predicted octanol–water partition coefficient (Wildman–Crippen LogP) is 5.11. The van der Waals surface area contributed by atoms with Crippen molar-refractivity contribution in [3.63, 3.8) is 0 Å². The number of hydrogen-bond donors (Lipinski definition) is 1. The highest BCUT2D eigenvalue weighted by atomic mass is 35.5. The summed E-state index contributed by atoms with van der Waals surface area (Å²) in [6, 6.07) is 12.7. The number of halogens is 2. The molecule has 0 aliphatic rings. The lowest BCUT2D eigenvalue weighted by molar-refractivity contribution is -0.120. The Morgan fingerprint density at radius 3 is 2.35 bits per heavy atom. The molecule has 1 amide bonds. The number of ether oxygens (including phenoxy) is 2. The Balaban J connectivity index is 1.71. The van der Waals surface area contributed by atoms with Crippen LogP contribution in [0.1, 0.15) is 22.5 Å². The van der Waals surface area contributed by atoms with Crippen molar-refractivity contribution in [3.05, 3.63) is 75.0 Å². The van der Waals surface area contributed by atoms with E-state index in [1.54, 1.807) is 38.6 Å². The van der Waals surface area contributed by atoms with Gasteiger partial charge in [-0.15, -0.1) is 0 Å². The number of benzene rings is 2. The molecule has 3 rings (SSSR count). The van der Waals surface area contributed by atoms with Crippen LogP contribution in [0, 0.1) is 13.8 Å². The van der Waals surface area contributed by atoms with Gasteiger partial charge in [-0.25, -0.2) is 5.43 Å². The van der Waals surface area contributed by atoms with Gasteiger partial charge in [0.25, 0.3) is 0 Å². The van der Waals surface area contributed by atoms with E-state index in [0.29, 0.717) is 21.5 Å². The van der Waals surface area contributed by atoms with Gasteiger partial charge >= 0.3 is 0 Å². The summed E-state index contributed by atoms with van der Waals surface area (Å²) in [4.78, 5) is 12.3. The summed E-state index contributed by atoms with van der Waals surface area (Å²) in [5, 5.41) is 5.24. The van der Waals surface area contributed by atoms with Gasteiger partial charge in [0.2, 0.25) is 5.91 Å². The average molecular weight is 460 g/mol. The molecule has 1 heterocycles. The lowest BCUT2D eigenvalue weighted by atomic mass is 10.1. The highest BCUT2D eigenvalue weighted by molar-refractivity contribution is 6.34. The normalized spacial score (nSPS) is 11.0. The molecular weight excluding hydrogens is 437 g/mol. The number of methoxy groups -OCH3 is 2.